The summed E-state index contributed by atoms with van der Waals surface area (Å²) < 4.78 is 11.5. The van der Waals surface area contributed by atoms with Crippen LogP contribution in [0.3, 0.4) is 0 Å². The van der Waals surface area contributed by atoms with E-state index >= 15 is 0 Å². The van der Waals surface area contributed by atoms with E-state index < -0.39 is 10.8 Å². The van der Waals surface area contributed by atoms with Gasteiger partial charge in [-0.15, -0.1) is 0 Å². The third-order valence-corrected chi connectivity index (χ3v) is 3.84. The van der Waals surface area contributed by atoms with Crippen molar-refractivity contribution in [2.24, 2.45) is 5.10 Å². The molecule has 0 heterocycles. The fourth-order valence-corrected chi connectivity index (χ4v) is 2.71. The van der Waals surface area contributed by atoms with Crippen molar-refractivity contribution in [2.75, 3.05) is 13.7 Å². The standard InChI is InChI=1S/C17H16BrN3O5/c1-3-26-15-9-11(8-14(18)16(15)25-2)10-19-20-17(22)12-4-6-13(7-5-12)21(23)24/h4-10H,3H2,1-2H3,(H,20,22)/b19-10-. The van der Waals surface area contributed by atoms with Crippen LogP contribution in [0.4, 0.5) is 5.69 Å². The summed E-state index contributed by atoms with van der Waals surface area (Å²) in [6.45, 7) is 2.33. The number of carbonyl (C=O) groups is 1. The average Bonchev–Trinajstić information content (AvgIpc) is 2.62. The summed E-state index contributed by atoms with van der Waals surface area (Å²) in [7, 11) is 1.54. The number of methoxy groups -OCH3 is 1. The largest absolute Gasteiger partial charge is 0.492 e. The molecule has 0 radical (unpaired) electrons. The predicted octanol–water partition coefficient (Wildman–Crippen LogP) is 3.53. The Bertz CT molecular complexity index is 837. The molecule has 136 valence electrons. The summed E-state index contributed by atoms with van der Waals surface area (Å²) in [4.78, 5) is 22.1. The first kappa shape index (κ1) is 19.4. The number of carbonyl (C=O) groups excluding carboxylic acids is 1. The molecule has 0 aliphatic carbocycles. The zero-order valence-electron chi connectivity index (χ0n) is 14.1. The molecule has 2 aromatic rings. The van der Waals surface area contributed by atoms with E-state index in [1.807, 2.05) is 6.92 Å². The molecule has 0 unspecified atom stereocenters. The van der Waals surface area contributed by atoms with Crippen molar-refractivity contribution in [3.05, 3.63) is 62.1 Å². The van der Waals surface area contributed by atoms with Crippen LogP contribution in [-0.4, -0.2) is 30.8 Å². The molecule has 2 rings (SSSR count). The Morgan fingerprint density at radius 1 is 1.35 bits per heavy atom. The van der Waals surface area contributed by atoms with Gasteiger partial charge < -0.3 is 9.47 Å². The van der Waals surface area contributed by atoms with Crippen molar-refractivity contribution < 1.29 is 19.2 Å². The molecule has 0 saturated carbocycles. The first-order valence-electron chi connectivity index (χ1n) is 7.54. The Morgan fingerprint density at radius 3 is 2.62 bits per heavy atom. The molecule has 0 bridgehead atoms. The third kappa shape index (κ3) is 4.79. The first-order valence-corrected chi connectivity index (χ1v) is 8.33. The lowest BCUT2D eigenvalue weighted by Gasteiger charge is -2.11. The molecule has 2 aromatic carbocycles. The fourth-order valence-electron chi connectivity index (χ4n) is 2.09. The molecule has 0 spiro atoms. The lowest BCUT2D eigenvalue weighted by Crippen LogP contribution is -2.17. The van der Waals surface area contributed by atoms with Crippen LogP contribution in [0.25, 0.3) is 0 Å². The lowest BCUT2D eigenvalue weighted by molar-refractivity contribution is -0.384. The number of halogens is 1. The summed E-state index contributed by atoms with van der Waals surface area (Å²) in [5.74, 6) is 0.639. The second-order valence-electron chi connectivity index (χ2n) is 4.97. The summed E-state index contributed by atoms with van der Waals surface area (Å²) >= 11 is 3.40. The van der Waals surface area contributed by atoms with Gasteiger partial charge in [0.1, 0.15) is 0 Å². The topological polar surface area (TPSA) is 103 Å². The van der Waals surface area contributed by atoms with Crippen LogP contribution in [0.5, 0.6) is 11.5 Å². The smallest absolute Gasteiger partial charge is 0.271 e. The van der Waals surface area contributed by atoms with E-state index in [0.29, 0.717) is 28.1 Å². The van der Waals surface area contributed by atoms with Gasteiger partial charge in [0.2, 0.25) is 0 Å². The van der Waals surface area contributed by atoms with Gasteiger partial charge in [-0.25, -0.2) is 5.43 Å². The Balaban J connectivity index is 2.09. The van der Waals surface area contributed by atoms with Gasteiger partial charge in [-0.05, 0) is 52.7 Å². The number of rotatable bonds is 7. The van der Waals surface area contributed by atoms with Gasteiger partial charge in [-0.3, -0.25) is 14.9 Å². The Morgan fingerprint density at radius 2 is 2.04 bits per heavy atom. The van der Waals surface area contributed by atoms with E-state index in [1.165, 1.54) is 30.5 Å². The maximum Gasteiger partial charge on any atom is 0.271 e. The third-order valence-electron chi connectivity index (χ3n) is 3.26. The van der Waals surface area contributed by atoms with Gasteiger partial charge in [0.15, 0.2) is 11.5 Å². The number of hydrogen-bond acceptors (Lipinski definition) is 6. The van der Waals surface area contributed by atoms with Gasteiger partial charge in [0.25, 0.3) is 11.6 Å². The minimum Gasteiger partial charge on any atom is -0.492 e. The highest BCUT2D eigenvalue weighted by Crippen LogP contribution is 2.36. The van der Waals surface area contributed by atoms with Crippen molar-refractivity contribution in [1.29, 1.82) is 0 Å². The average molecular weight is 422 g/mol. The molecule has 26 heavy (non-hydrogen) atoms. The molecule has 0 aromatic heterocycles. The number of amides is 1. The lowest BCUT2D eigenvalue weighted by atomic mass is 10.2. The van der Waals surface area contributed by atoms with E-state index in [0.717, 1.165) is 0 Å². The van der Waals surface area contributed by atoms with Crippen LogP contribution in [-0.2, 0) is 0 Å². The molecule has 1 amide bonds. The van der Waals surface area contributed by atoms with E-state index in [1.54, 1.807) is 19.2 Å². The second kappa shape index (κ2) is 8.95. The number of nitrogens with zero attached hydrogens (tertiary/aromatic N) is 2. The summed E-state index contributed by atoms with van der Waals surface area (Å²) in [6, 6.07) is 8.74. The van der Waals surface area contributed by atoms with Crippen molar-refractivity contribution in [1.82, 2.24) is 5.43 Å². The maximum atomic E-state index is 12.0. The van der Waals surface area contributed by atoms with Crippen molar-refractivity contribution in [3.63, 3.8) is 0 Å². The zero-order chi connectivity index (χ0) is 19.1. The number of ether oxygens (including phenoxy) is 2. The number of hydrogen-bond donors (Lipinski definition) is 1. The van der Waals surface area contributed by atoms with Gasteiger partial charge in [0, 0.05) is 17.7 Å². The van der Waals surface area contributed by atoms with Crippen LogP contribution in [0.15, 0.2) is 46.0 Å². The maximum absolute atomic E-state index is 12.0. The molecule has 0 aliphatic heterocycles. The summed E-state index contributed by atoms with van der Waals surface area (Å²) in [6.07, 6.45) is 1.45. The number of benzene rings is 2. The molecular formula is C17H16BrN3O5. The van der Waals surface area contributed by atoms with Crippen molar-refractivity contribution >= 4 is 33.7 Å². The highest BCUT2D eigenvalue weighted by molar-refractivity contribution is 9.10. The normalized spacial score (nSPS) is 10.6. The molecule has 0 aliphatic rings. The molecule has 0 atom stereocenters. The number of nitro benzene ring substituents is 1. The van der Waals surface area contributed by atoms with Gasteiger partial charge in [0.05, 0.1) is 29.3 Å². The van der Waals surface area contributed by atoms with Gasteiger partial charge >= 0.3 is 0 Å². The van der Waals surface area contributed by atoms with Gasteiger partial charge in [-0.2, -0.15) is 5.10 Å². The highest BCUT2D eigenvalue weighted by atomic mass is 79.9. The minimum absolute atomic E-state index is 0.0865. The van der Waals surface area contributed by atoms with Crippen LogP contribution >= 0.6 is 15.9 Å². The summed E-state index contributed by atoms with van der Waals surface area (Å²) in [5.41, 5.74) is 3.23. The fraction of sp³-hybridized carbons (Fsp3) is 0.176. The second-order valence-corrected chi connectivity index (χ2v) is 5.82. The quantitative estimate of drug-likeness (QED) is 0.418. The summed E-state index contributed by atoms with van der Waals surface area (Å²) in [5, 5.41) is 14.5. The Kier molecular flexibility index (Phi) is 6.67. The van der Waals surface area contributed by atoms with E-state index in [4.69, 9.17) is 9.47 Å². The van der Waals surface area contributed by atoms with Crippen molar-refractivity contribution in [3.8, 4) is 11.5 Å². The Labute approximate surface area is 158 Å². The van der Waals surface area contributed by atoms with Crippen molar-refractivity contribution in [2.45, 2.75) is 6.92 Å². The van der Waals surface area contributed by atoms with E-state index in [9.17, 15) is 14.9 Å². The molecular weight excluding hydrogens is 406 g/mol. The first-order chi connectivity index (χ1) is 12.5. The van der Waals surface area contributed by atoms with E-state index in [2.05, 4.69) is 26.5 Å². The zero-order valence-corrected chi connectivity index (χ0v) is 15.6. The molecule has 1 N–H and O–H groups in total. The SMILES string of the molecule is CCOc1cc(/C=N\NC(=O)c2ccc([N+](=O)[O-])cc2)cc(Br)c1OC. The number of nitro groups is 1. The Hall–Kier alpha value is -2.94. The number of hydrazone groups is 1. The molecule has 0 fully saturated rings. The highest BCUT2D eigenvalue weighted by Gasteiger charge is 2.11. The van der Waals surface area contributed by atoms with Gasteiger partial charge in [-0.1, -0.05) is 0 Å². The number of non-ortho nitro benzene ring substituents is 1. The molecule has 0 saturated heterocycles. The van der Waals surface area contributed by atoms with Crippen LogP contribution in [0, 0.1) is 10.1 Å². The monoisotopic (exact) mass is 421 g/mol. The van der Waals surface area contributed by atoms with Crippen LogP contribution in [0.2, 0.25) is 0 Å². The molecule has 9 heteroatoms. The number of nitrogens with one attached hydrogen (secondary N) is 1. The minimum atomic E-state index is -0.530. The van der Waals surface area contributed by atoms with E-state index in [-0.39, 0.29) is 11.3 Å². The van der Waals surface area contributed by atoms with Crippen LogP contribution in [0.1, 0.15) is 22.8 Å². The predicted molar refractivity (Wildman–Crippen MR) is 100 cm³/mol. The molecule has 8 nitrogen and oxygen atoms in total. The van der Waals surface area contributed by atoms with Crippen LogP contribution < -0.4 is 14.9 Å².